The van der Waals surface area contributed by atoms with E-state index in [4.69, 9.17) is 16.3 Å². The summed E-state index contributed by atoms with van der Waals surface area (Å²) >= 11 is 12.9. The Morgan fingerprint density at radius 1 is 1.31 bits per heavy atom. The summed E-state index contributed by atoms with van der Waals surface area (Å²) in [5.74, 6) is -0.371. The number of nitrogens with zero attached hydrogens (tertiary/aromatic N) is 3. The van der Waals surface area contributed by atoms with Crippen LogP contribution in [0.15, 0.2) is 49.2 Å². The number of fused-ring (bicyclic) bond motifs is 1. The molecule has 0 saturated carbocycles. The Morgan fingerprint density at radius 3 is 2.69 bits per heavy atom. The zero-order valence-corrected chi connectivity index (χ0v) is 21.4. The minimum Gasteiger partial charge on any atom is -0.479 e. The molecule has 0 spiro atoms. The molecule has 0 aliphatic heterocycles. The van der Waals surface area contributed by atoms with Crippen LogP contribution in [0.1, 0.15) is 44.5 Å². The molecule has 0 fully saturated rings. The number of aliphatic carboxylic acids is 1. The molecule has 0 saturated heterocycles. The first kappa shape index (κ1) is 24.4. The summed E-state index contributed by atoms with van der Waals surface area (Å²) in [5, 5.41) is 14.4. The van der Waals surface area contributed by atoms with Gasteiger partial charge in [0.2, 0.25) is 0 Å². The highest BCUT2D eigenvalue weighted by Crippen LogP contribution is 2.33. The van der Waals surface area contributed by atoms with Gasteiger partial charge in [0.25, 0.3) is 5.56 Å². The fourth-order valence-corrected chi connectivity index (χ4v) is 4.22. The SMILES string of the molecule is CC[C@H](C)c1nc2ccc(Br)cc2c(=O)n1N=Cc1cc(Cl)cc(Br)c1O[C@@H](C)C(=O)O. The number of rotatable bonds is 7. The smallest absolute Gasteiger partial charge is 0.344 e. The second kappa shape index (κ2) is 10.1. The van der Waals surface area contributed by atoms with Gasteiger partial charge in [0.15, 0.2) is 6.10 Å². The highest BCUT2D eigenvalue weighted by molar-refractivity contribution is 9.10. The Labute approximate surface area is 206 Å². The van der Waals surface area contributed by atoms with Crippen LogP contribution in [0, 0.1) is 0 Å². The minimum atomic E-state index is -1.12. The molecule has 0 aliphatic rings. The molecule has 3 aromatic rings. The van der Waals surface area contributed by atoms with Crippen molar-refractivity contribution in [2.24, 2.45) is 5.10 Å². The van der Waals surface area contributed by atoms with Crippen molar-refractivity contribution >= 4 is 66.5 Å². The van der Waals surface area contributed by atoms with E-state index < -0.39 is 12.1 Å². The van der Waals surface area contributed by atoms with E-state index in [1.807, 2.05) is 19.9 Å². The fourth-order valence-electron chi connectivity index (χ4n) is 2.93. The van der Waals surface area contributed by atoms with Crippen LogP contribution in [0.4, 0.5) is 0 Å². The lowest BCUT2D eigenvalue weighted by molar-refractivity contribution is -0.144. The van der Waals surface area contributed by atoms with E-state index >= 15 is 0 Å². The fraction of sp³-hybridized carbons (Fsp3) is 0.273. The number of benzene rings is 2. The highest BCUT2D eigenvalue weighted by Gasteiger charge is 2.19. The van der Waals surface area contributed by atoms with Crippen molar-refractivity contribution in [2.75, 3.05) is 0 Å². The van der Waals surface area contributed by atoms with Crippen molar-refractivity contribution in [1.29, 1.82) is 0 Å². The van der Waals surface area contributed by atoms with Crippen molar-refractivity contribution in [1.82, 2.24) is 9.66 Å². The molecular formula is C22H20Br2ClN3O4. The van der Waals surface area contributed by atoms with Crippen LogP contribution in [0.25, 0.3) is 10.9 Å². The van der Waals surface area contributed by atoms with Gasteiger partial charge in [-0.05, 0) is 59.6 Å². The second-order valence-corrected chi connectivity index (χ2v) is 9.41. The van der Waals surface area contributed by atoms with Crippen LogP contribution in [-0.4, -0.2) is 33.1 Å². The van der Waals surface area contributed by atoms with E-state index in [-0.39, 0.29) is 17.2 Å². The number of carbonyl (C=O) groups is 1. The van der Waals surface area contributed by atoms with Crippen LogP contribution in [0.3, 0.4) is 0 Å². The first-order chi connectivity index (χ1) is 15.1. The number of carboxylic acids is 1. The predicted octanol–water partition coefficient (Wildman–Crippen LogP) is 5.82. The molecule has 32 heavy (non-hydrogen) atoms. The Morgan fingerprint density at radius 2 is 2.03 bits per heavy atom. The van der Waals surface area contributed by atoms with Crippen molar-refractivity contribution in [3.8, 4) is 5.75 Å². The third kappa shape index (κ3) is 5.22. The van der Waals surface area contributed by atoms with Crippen LogP contribution >= 0.6 is 43.5 Å². The third-order valence-electron chi connectivity index (χ3n) is 4.88. The monoisotopic (exact) mass is 583 g/mol. The standard InChI is InChI=1S/C22H20Br2ClN3O4/c1-4-11(2)20-27-18-6-5-14(23)8-16(18)21(29)28(20)26-10-13-7-15(25)9-17(24)19(13)32-12(3)22(30)31/h5-12H,4H2,1-3H3,(H,30,31)/t11-,12-/m0/s1. The zero-order valence-electron chi connectivity index (χ0n) is 17.5. The van der Waals surface area contributed by atoms with Gasteiger partial charge in [-0.25, -0.2) is 9.78 Å². The molecule has 1 aromatic heterocycles. The number of aromatic nitrogens is 2. The molecule has 2 atom stereocenters. The molecule has 1 N–H and O–H groups in total. The van der Waals surface area contributed by atoms with Gasteiger partial charge in [-0.3, -0.25) is 4.79 Å². The summed E-state index contributed by atoms with van der Waals surface area (Å²) in [6.45, 7) is 5.39. The van der Waals surface area contributed by atoms with Gasteiger partial charge in [-0.2, -0.15) is 9.78 Å². The van der Waals surface area contributed by atoms with Crippen LogP contribution in [0.5, 0.6) is 5.75 Å². The Hall–Kier alpha value is -2.23. The van der Waals surface area contributed by atoms with E-state index in [1.54, 1.807) is 24.3 Å². The summed E-state index contributed by atoms with van der Waals surface area (Å²) in [5.41, 5.74) is 0.684. The number of hydrogen-bond donors (Lipinski definition) is 1. The number of hydrogen-bond acceptors (Lipinski definition) is 5. The maximum absolute atomic E-state index is 13.3. The molecular weight excluding hydrogens is 566 g/mol. The predicted molar refractivity (Wildman–Crippen MR) is 132 cm³/mol. The lowest BCUT2D eigenvalue weighted by Crippen LogP contribution is -2.24. The molecule has 2 aromatic carbocycles. The van der Waals surface area contributed by atoms with Gasteiger partial charge in [-0.1, -0.05) is 41.4 Å². The van der Waals surface area contributed by atoms with E-state index in [1.165, 1.54) is 17.8 Å². The molecule has 0 radical (unpaired) electrons. The quantitative estimate of drug-likeness (QED) is 0.353. The van der Waals surface area contributed by atoms with Crippen LogP contribution in [-0.2, 0) is 4.79 Å². The van der Waals surface area contributed by atoms with Gasteiger partial charge in [0.05, 0.1) is 21.6 Å². The summed E-state index contributed by atoms with van der Waals surface area (Å²) in [6.07, 6.45) is 1.08. The largest absolute Gasteiger partial charge is 0.479 e. The van der Waals surface area contributed by atoms with Gasteiger partial charge >= 0.3 is 5.97 Å². The van der Waals surface area contributed by atoms with E-state index in [0.717, 1.165) is 10.9 Å². The summed E-state index contributed by atoms with van der Waals surface area (Å²) in [4.78, 5) is 29.2. The number of ether oxygens (including phenoxy) is 1. The van der Waals surface area contributed by atoms with E-state index in [9.17, 15) is 14.7 Å². The lowest BCUT2D eigenvalue weighted by atomic mass is 10.1. The van der Waals surface area contributed by atoms with Gasteiger partial charge in [-0.15, -0.1) is 0 Å². The first-order valence-electron chi connectivity index (χ1n) is 9.77. The maximum Gasteiger partial charge on any atom is 0.344 e. The normalized spacial score (nSPS) is 13.4. The molecule has 3 rings (SSSR count). The Kier molecular flexibility index (Phi) is 7.74. The molecule has 7 nitrogen and oxygen atoms in total. The third-order valence-corrected chi connectivity index (χ3v) is 6.18. The van der Waals surface area contributed by atoms with Crippen molar-refractivity contribution in [3.05, 3.63) is 66.0 Å². The zero-order chi connectivity index (χ0) is 23.6. The molecule has 0 amide bonds. The molecule has 10 heteroatoms. The first-order valence-corrected chi connectivity index (χ1v) is 11.7. The topological polar surface area (TPSA) is 93.8 Å². The molecule has 0 unspecified atom stereocenters. The second-order valence-electron chi connectivity index (χ2n) is 7.21. The van der Waals surface area contributed by atoms with Gasteiger partial charge in [0.1, 0.15) is 11.6 Å². The van der Waals surface area contributed by atoms with E-state index in [0.29, 0.717) is 31.8 Å². The average Bonchev–Trinajstić information content (AvgIpc) is 2.74. The maximum atomic E-state index is 13.3. The summed E-state index contributed by atoms with van der Waals surface area (Å²) < 4.78 is 8.08. The van der Waals surface area contributed by atoms with Crippen molar-refractivity contribution < 1.29 is 14.6 Å². The highest BCUT2D eigenvalue weighted by atomic mass is 79.9. The summed E-state index contributed by atoms with van der Waals surface area (Å²) in [6, 6.07) is 8.50. The molecule has 0 bridgehead atoms. The van der Waals surface area contributed by atoms with Crippen molar-refractivity contribution in [3.63, 3.8) is 0 Å². The molecule has 0 aliphatic carbocycles. The van der Waals surface area contributed by atoms with Crippen LogP contribution in [0.2, 0.25) is 5.02 Å². The number of carboxylic acid groups (broad SMARTS) is 1. The Bertz CT molecular complexity index is 1280. The van der Waals surface area contributed by atoms with Gasteiger partial charge in [0, 0.05) is 21.0 Å². The lowest BCUT2D eigenvalue weighted by Gasteiger charge is -2.16. The van der Waals surface area contributed by atoms with Crippen LogP contribution < -0.4 is 10.3 Å². The molecule has 168 valence electrons. The number of halogens is 3. The average molecular weight is 586 g/mol. The van der Waals surface area contributed by atoms with E-state index in [2.05, 4.69) is 41.9 Å². The summed E-state index contributed by atoms with van der Waals surface area (Å²) in [7, 11) is 0. The Balaban J connectivity index is 2.19. The molecule has 1 heterocycles. The minimum absolute atomic E-state index is 0.0262. The van der Waals surface area contributed by atoms with Crippen molar-refractivity contribution in [2.45, 2.75) is 39.2 Å². The van der Waals surface area contributed by atoms with Gasteiger partial charge < -0.3 is 9.84 Å².